The summed E-state index contributed by atoms with van der Waals surface area (Å²) in [4.78, 5) is 14.6. The summed E-state index contributed by atoms with van der Waals surface area (Å²) < 4.78 is 0. The van der Waals surface area contributed by atoms with Gasteiger partial charge in [-0.2, -0.15) is 5.26 Å². The Morgan fingerprint density at radius 1 is 1.22 bits per heavy atom. The van der Waals surface area contributed by atoms with Gasteiger partial charge in [0, 0.05) is 31.2 Å². The molecular weight excluding hydrogens is 286 g/mol. The molecule has 0 unspecified atom stereocenters. The molecule has 0 saturated carbocycles. The lowest BCUT2D eigenvalue weighted by Crippen LogP contribution is -2.37. The van der Waals surface area contributed by atoms with E-state index in [-0.39, 0.29) is 11.9 Å². The molecule has 0 aliphatic carbocycles. The fourth-order valence-corrected chi connectivity index (χ4v) is 2.93. The van der Waals surface area contributed by atoms with E-state index in [1.165, 1.54) is 5.56 Å². The van der Waals surface area contributed by atoms with Gasteiger partial charge in [-0.1, -0.05) is 36.4 Å². The Hall–Kier alpha value is -2.64. The molecule has 4 heteroatoms. The predicted molar refractivity (Wildman–Crippen MR) is 88.7 cm³/mol. The molecule has 1 saturated heterocycles. The number of benzene rings is 2. The molecule has 1 heterocycles. The average Bonchev–Trinajstić information content (AvgIpc) is 3.02. The molecule has 1 aliphatic rings. The van der Waals surface area contributed by atoms with Gasteiger partial charge in [-0.3, -0.25) is 9.69 Å². The minimum Gasteiger partial charge on any atom is -0.348 e. The summed E-state index contributed by atoms with van der Waals surface area (Å²) in [6.07, 6.45) is 0.955. The standard InChI is InChI=1S/C19H19N3O/c20-12-16-7-4-8-17(11-16)19(23)21-18-9-10-22(14-18)13-15-5-2-1-3-6-15/h1-8,11,18H,9-10,13-14H2,(H,21,23)/t18-/m1/s1. The van der Waals surface area contributed by atoms with Crippen molar-refractivity contribution >= 4 is 5.91 Å². The Morgan fingerprint density at radius 2 is 2.04 bits per heavy atom. The minimum atomic E-state index is -0.103. The van der Waals surface area contributed by atoms with Crippen molar-refractivity contribution < 1.29 is 4.79 Å². The van der Waals surface area contributed by atoms with Gasteiger partial charge < -0.3 is 5.32 Å². The first-order valence-electron chi connectivity index (χ1n) is 7.82. The van der Waals surface area contributed by atoms with Crippen LogP contribution >= 0.6 is 0 Å². The second-order valence-electron chi connectivity index (χ2n) is 5.87. The van der Waals surface area contributed by atoms with Crippen LogP contribution in [0.3, 0.4) is 0 Å². The number of nitrogens with one attached hydrogen (secondary N) is 1. The fourth-order valence-electron chi connectivity index (χ4n) is 2.93. The van der Waals surface area contributed by atoms with E-state index in [1.807, 2.05) is 18.2 Å². The van der Waals surface area contributed by atoms with E-state index < -0.39 is 0 Å². The van der Waals surface area contributed by atoms with E-state index in [0.717, 1.165) is 26.1 Å². The highest BCUT2D eigenvalue weighted by atomic mass is 16.1. The molecule has 4 nitrogen and oxygen atoms in total. The van der Waals surface area contributed by atoms with Crippen LogP contribution in [-0.4, -0.2) is 29.9 Å². The third kappa shape index (κ3) is 3.97. The number of hydrogen-bond acceptors (Lipinski definition) is 3. The molecule has 3 rings (SSSR count). The molecule has 0 radical (unpaired) electrons. The normalized spacial score (nSPS) is 17.6. The number of nitriles is 1. The van der Waals surface area contributed by atoms with Gasteiger partial charge in [0.1, 0.15) is 0 Å². The molecule has 2 aromatic rings. The van der Waals surface area contributed by atoms with Crippen LogP contribution in [-0.2, 0) is 6.54 Å². The van der Waals surface area contributed by atoms with Crippen molar-refractivity contribution in [2.24, 2.45) is 0 Å². The maximum absolute atomic E-state index is 12.3. The van der Waals surface area contributed by atoms with Crippen LogP contribution in [0, 0.1) is 11.3 Å². The summed E-state index contributed by atoms with van der Waals surface area (Å²) in [5.41, 5.74) is 2.35. The third-order valence-corrected chi connectivity index (χ3v) is 4.11. The number of nitrogens with zero attached hydrogens (tertiary/aromatic N) is 2. The lowest BCUT2D eigenvalue weighted by molar-refractivity contribution is 0.0937. The van der Waals surface area contributed by atoms with Gasteiger partial charge >= 0.3 is 0 Å². The molecule has 1 fully saturated rings. The number of hydrogen-bond donors (Lipinski definition) is 1. The monoisotopic (exact) mass is 305 g/mol. The average molecular weight is 305 g/mol. The van der Waals surface area contributed by atoms with Crippen LogP contribution in [0.2, 0.25) is 0 Å². The Balaban J connectivity index is 1.55. The molecule has 1 aliphatic heterocycles. The summed E-state index contributed by atoms with van der Waals surface area (Å²) >= 11 is 0. The van der Waals surface area contributed by atoms with Crippen molar-refractivity contribution in [1.82, 2.24) is 10.2 Å². The fraction of sp³-hybridized carbons (Fsp3) is 0.263. The Morgan fingerprint density at radius 3 is 2.83 bits per heavy atom. The highest BCUT2D eigenvalue weighted by Crippen LogP contribution is 2.14. The first kappa shape index (κ1) is 15.3. The maximum Gasteiger partial charge on any atom is 0.251 e. The van der Waals surface area contributed by atoms with Crippen molar-refractivity contribution in [2.45, 2.75) is 19.0 Å². The van der Waals surface area contributed by atoms with Gasteiger partial charge in [0.15, 0.2) is 0 Å². The molecule has 23 heavy (non-hydrogen) atoms. The molecular formula is C19H19N3O. The second kappa shape index (κ2) is 7.08. The van der Waals surface area contributed by atoms with Crippen LogP contribution in [0.15, 0.2) is 54.6 Å². The molecule has 116 valence electrons. The summed E-state index contributed by atoms with van der Waals surface area (Å²) in [5, 5.41) is 12.0. The summed E-state index contributed by atoms with van der Waals surface area (Å²) in [7, 11) is 0. The summed E-state index contributed by atoms with van der Waals surface area (Å²) in [6.45, 7) is 2.76. The number of carbonyl (C=O) groups is 1. The minimum absolute atomic E-state index is 0.103. The van der Waals surface area contributed by atoms with Crippen molar-refractivity contribution in [1.29, 1.82) is 5.26 Å². The molecule has 0 bridgehead atoms. The van der Waals surface area contributed by atoms with E-state index in [4.69, 9.17) is 5.26 Å². The van der Waals surface area contributed by atoms with Gasteiger partial charge in [0.05, 0.1) is 11.6 Å². The maximum atomic E-state index is 12.3. The zero-order valence-corrected chi connectivity index (χ0v) is 12.9. The number of amides is 1. The van der Waals surface area contributed by atoms with E-state index in [1.54, 1.807) is 24.3 Å². The zero-order chi connectivity index (χ0) is 16.1. The molecule has 2 aromatic carbocycles. The molecule has 0 spiro atoms. The van der Waals surface area contributed by atoms with Crippen molar-refractivity contribution in [2.75, 3.05) is 13.1 Å². The Labute approximate surface area is 136 Å². The Kier molecular flexibility index (Phi) is 4.70. The van der Waals surface area contributed by atoms with Crippen LogP contribution in [0.5, 0.6) is 0 Å². The van der Waals surface area contributed by atoms with E-state index >= 15 is 0 Å². The van der Waals surface area contributed by atoms with E-state index in [2.05, 4.69) is 28.4 Å². The van der Waals surface area contributed by atoms with Gasteiger partial charge in [-0.05, 0) is 30.2 Å². The highest BCUT2D eigenvalue weighted by Gasteiger charge is 2.24. The van der Waals surface area contributed by atoms with Crippen LogP contribution in [0.1, 0.15) is 27.9 Å². The second-order valence-corrected chi connectivity index (χ2v) is 5.87. The molecule has 1 atom stereocenters. The van der Waals surface area contributed by atoms with Gasteiger partial charge in [0.25, 0.3) is 5.91 Å². The van der Waals surface area contributed by atoms with E-state index in [9.17, 15) is 4.79 Å². The largest absolute Gasteiger partial charge is 0.348 e. The Bertz CT molecular complexity index is 721. The third-order valence-electron chi connectivity index (χ3n) is 4.11. The van der Waals surface area contributed by atoms with Gasteiger partial charge in [0.2, 0.25) is 0 Å². The summed E-state index contributed by atoms with van der Waals surface area (Å²) in [5.74, 6) is -0.103. The predicted octanol–water partition coefficient (Wildman–Crippen LogP) is 2.56. The number of carbonyl (C=O) groups excluding carboxylic acids is 1. The lowest BCUT2D eigenvalue weighted by atomic mass is 10.1. The van der Waals surface area contributed by atoms with Crippen molar-refractivity contribution in [3.05, 3.63) is 71.3 Å². The van der Waals surface area contributed by atoms with Gasteiger partial charge in [-0.25, -0.2) is 0 Å². The van der Waals surface area contributed by atoms with Crippen molar-refractivity contribution in [3.8, 4) is 6.07 Å². The quantitative estimate of drug-likeness (QED) is 0.944. The van der Waals surface area contributed by atoms with Gasteiger partial charge in [-0.15, -0.1) is 0 Å². The van der Waals surface area contributed by atoms with E-state index in [0.29, 0.717) is 11.1 Å². The molecule has 0 aromatic heterocycles. The topological polar surface area (TPSA) is 56.1 Å². The first-order valence-corrected chi connectivity index (χ1v) is 7.82. The number of rotatable bonds is 4. The van der Waals surface area contributed by atoms with Crippen LogP contribution in [0.4, 0.5) is 0 Å². The zero-order valence-electron chi connectivity index (χ0n) is 12.9. The van der Waals surface area contributed by atoms with Crippen LogP contribution in [0.25, 0.3) is 0 Å². The summed E-state index contributed by atoms with van der Waals surface area (Å²) in [6, 6.07) is 19.4. The SMILES string of the molecule is N#Cc1cccc(C(=O)N[C@@H]2CCN(Cc3ccccc3)C2)c1. The first-order chi connectivity index (χ1) is 11.2. The molecule has 1 N–H and O–H groups in total. The molecule has 1 amide bonds. The highest BCUT2D eigenvalue weighted by molar-refractivity contribution is 5.94. The van der Waals surface area contributed by atoms with Crippen LogP contribution < -0.4 is 5.32 Å². The number of likely N-dealkylation sites (tertiary alicyclic amines) is 1. The lowest BCUT2D eigenvalue weighted by Gasteiger charge is -2.17. The smallest absolute Gasteiger partial charge is 0.251 e. The van der Waals surface area contributed by atoms with Crippen molar-refractivity contribution in [3.63, 3.8) is 0 Å².